The van der Waals surface area contributed by atoms with Crippen LogP contribution in [-0.4, -0.2) is 12.6 Å². The zero-order chi connectivity index (χ0) is 20.4. The Kier molecular flexibility index (Phi) is 5.64. The quantitative estimate of drug-likeness (QED) is 0.446. The first kappa shape index (κ1) is 20.2. The van der Waals surface area contributed by atoms with Gasteiger partial charge in [0.2, 0.25) is 0 Å². The molecule has 0 bridgehead atoms. The molecule has 1 aliphatic carbocycles. The number of hydrogen-bond acceptors (Lipinski definition) is 3. The van der Waals surface area contributed by atoms with Crippen LogP contribution in [0.3, 0.4) is 0 Å². The highest BCUT2D eigenvalue weighted by atomic mass is 16.5. The highest BCUT2D eigenvalue weighted by Crippen LogP contribution is 2.47. The van der Waals surface area contributed by atoms with Crippen molar-refractivity contribution in [2.75, 3.05) is 6.61 Å². The second-order valence-corrected chi connectivity index (χ2v) is 8.73. The molecule has 0 atom stereocenters. The lowest BCUT2D eigenvalue weighted by Gasteiger charge is -2.41. The van der Waals surface area contributed by atoms with E-state index in [1.54, 1.807) is 13.0 Å². The molecule has 0 N–H and O–H groups in total. The Labute approximate surface area is 168 Å². The third kappa shape index (κ3) is 4.46. The maximum atomic E-state index is 11.4. The predicted molar refractivity (Wildman–Crippen MR) is 114 cm³/mol. The summed E-state index contributed by atoms with van der Waals surface area (Å²) in [5, 5.41) is 0. The van der Waals surface area contributed by atoms with Crippen LogP contribution in [0, 0.1) is 0 Å². The maximum Gasteiger partial charge on any atom is 0.330 e. The summed E-state index contributed by atoms with van der Waals surface area (Å²) in [4.78, 5) is 11.4. The number of benzene rings is 2. The molecule has 148 valence electrons. The average Bonchev–Trinajstić information content (AvgIpc) is 2.65. The van der Waals surface area contributed by atoms with E-state index >= 15 is 0 Å². The Morgan fingerprint density at radius 2 is 1.54 bits per heavy atom. The Morgan fingerprint density at radius 3 is 2.18 bits per heavy atom. The predicted octanol–water partition coefficient (Wildman–Crippen LogP) is 6.40. The molecule has 3 heteroatoms. The van der Waals surface area contributed by atoms with Crippen LogP contribution in [0.5, 0.6) is 11.5 Å². The van der Waals surface area contributed by atoms with Crippen molar-refractivity contribution < 1.29 is 14.3 Å². The second kappa shape index (κ2) is 7.83. The van der Waals surface area contributed by atoms with Crippen LogP contribution in [-0.2, 0) is 20.4 Å². The molecule has 3 nitrogen and oxygen atoms in total. The highest BCUT2D eigenvalue weighted by molar-refractivity contribution is 5.87. The van der Waals surface area contributed by atoms with Gasteiger partial charge in [0.15, 0.2) is 0 Å². The van der Waals surface area contributed by atoms with E-state index in [-0.39, 0.29) is 16.8 Å². The molecule has 2 aromatic rings. The van der Waals surface area contributed by atoms with Gasteiger partial charge in [-0.1, -0.05) is 45.9 Å². The average molecular weight is 379 g/mol. The fourth-order valence-electron chi connectivity index (χ4n) is 3.77. The molecule has 0 spiro atoms. The van der Waals surface area contributed by atoms with Crippen molar-refractivity contribution in [3.8, 4) is 11.5 Å². The van der Waals surface area contributed by atoms with Crippen molar-refractivity contribution >= 4 is 12.0 Å². The van der Waals surface area contributed by atoms with Crippen LogP contribution >= 0.6 is 0 Å². The monoisotopic (exact) mass is 378 g/mol. The van der Waals surface area contributed by atoms with Gasteiger partial charge >= 0.3 is 5.97 Å². The zero-order valence-corrected chi connectivity index (χ0v) is 17.5. The topological polar surface area (TPSA) is 35.5 Å². The van der Waals surface area contributed by atoms with Crippen molar-refractivity contribution in [1.82, 2.24) is 0 Å². The number of hydrogen-bond donors (Lipinski definition) is 0. The molecule has 0 aliphatic heterocycles. The molecule has 0 radical (unpaired) electrons. The lowest BCUT2D eigenvalue weighted by Crippen LogP contribution is -2.33. The third-order valence-corrected chi connectivity index (χ3v) is 5.64. The number of ether oxygens (including phenoxy) is 2. The summed E-state index contributed by atoms with van der Waals surface area (Å²) < 4.78 is 11.0. The standard InChI is InChI=1S/C25H30O3/c1-6-27-23(26)14-9-18-7-10-19(11-8-18)28-20-12-13-21-22(17-20)25(4,5)16-15-24(21,2)3/h7-14,17H,6,15-16H2,1-5H3/b14-9+. The van der Waals surface area contributed by atoms with E-state index in [0.717, 1.165) is 17.1 Å². The Morgan fingerprint density at radius 1 is 0.929 bits per heavy atom. The van der Waals surface area contributed by atoms with E-state index in [9.17, 15) is 4.79 Å². The van der Waals surface area contributed by atoms with E-state index in [1.165, 1.54) is 30.0 Å². The van der Waals surface area contributed by atoms with Gasteiger partial charge in [-0.3, -0.25) is 0 Å². The fourth-order valence-corrected chi connectivity index (χ4v) is 3.77. The van der Waals surface area contributed by atoms with Crippen molar-refractivity contribution in [2.24, 2.45) is 0 Å². The minimum atomic E-state index is -0.331. The molecular weight excluding hydrogens is 348 g/mol. The first-order valence-corrected chi connectivity index (χ1v) is 9.99. The van der Waals surface area contributed by atoms with Gasteiger partial charge in [-0.25, -0.2) is 4.79 Å². The molecule has 3 rings (SSSR count). The lowest BCUT2D eigenvalue weighted by molar-refractivity contribution is -0.137. The summed E-state index contributed by atoms with van der Waals surface area (Å²) in [6, 6.07) is 14.2. The molecule has 0 aromatic heterocycles. The number of esters is 1. The largest absolute Gasteiger partial charge is 0.463 e. The molecule has 0 heterocycles. The van der Waals surface area contributed by atoms with Gasteiger partial charge in [-0.15, -0.1) is 0 Å². The van der Waals surface area contributed by atoms with Gasteiger partial charge < -0.3 is 9.47 Å². The van der Waals surface area contributed by atoms with E-state index in [1.807, 2.05) is 24.3 Å². The molecule has 0 unspecified atom stereocenters. The fraction of sp³-hybridized carbons (Fsp3) is 0.400. The summed E-state index contributed by atoms with van der Waals surface area (Å²) in [6.45, 7) is 11.4. The lowest BCUT2D eigenvalue weighted by atomic mass is 9.63. The number of fused-ring (bicyclic) bond motifs is 1. The summed E-state index contributed by atoms with van der Waals surface area (Å²) in [5.74, 6) is 1.31. The van der Waals surface area contributed by atoms with Gasteiger partial charge in [0.05, 0.1) is 6.61 Å². The first-order chi connectivity index (χ1) is 13.2. The molecular formula is C25H30O3. The maximum absolute atomic E-state index is 11.4. The van der Waals surface area contributed by atoms with Gasteiger partial charge in [0.1, 0.15) is 11.5 Å². The Bertz CT molecular complexity index is 873. The number of rotatable bonds is 5. The molecule has 0 amide bonds. The second-order valence-electron chi connectivity index (χ2n) is 8.73. The van der Waals surface area contributed by atoms with Crippen LogP contribution in [0.1, 0.15) is 64.2 Å². The summed E-state index contributed by atoms with van der Waals surface area (Å²) in [5.41, 5.74) is 4.10. The van der Waals surface area contributed by atoms with Crippen LogP contribution in [0.15, 0.2) is 48.5 Å². The van der Waals surface area contributed by atoms with Crippen molar-refractivity contribution in [2.45, 2.75) is 58.3 Å². The molecule has 0 saturated heterocycles. The van der Waals surface area contributed by atoms with Gasteiger partial charge in [0.25, 0.3) is 0 Å². The van der Waals surface area contributed by atoms with Gasteiger partial charge in [-0.2, -0.15) is 0 Å². The van der Waals surface area contributed by atoms with Crippen LogP contribution in [0.25, 0.3) is 6.08 Å². The minimum Gasteiger partial charge on any atom is -0.463 e. The van der Waals surface area contributed by atoms with E-state index in [0.29, 0.717) is 6.61 Å². The number of carbonyl (C=O) groups is 1. The first-order valence-electron chi connectivity index (χ1n) is 9.99. The van der Waals surface area contributed by atoms with Gasteiger partial charge in [-0.05, 0) is 77.6 Å². The minimum absolute atomic E-state index is 0.159. The highest BCUT2D eigenvalue weighted by Gasteiger charge is 2.37. The summed E-state index contributed by atoms with van der Waals surface area (Å²) >= 11 is 0. The Hall–Kier alpha value is -2.55. The van der Waals surface area contributed by atoms with Crippen LogP contribution < -0.4 is 4.74 Å². The van der Waals surface area contributed by atoms with Crippen LogP contribution in [0.4, 0.5) is 0 Å². The molecule has 0 saturated carbocycles. The van der Waals surface area contributed by atoms with Gasteiger partial charge in [0, 0.05) is 6.08 Å². The van der Waals surface area contributed by atoms with Crippen molar-refractivity contribution in [1.29, 1.82) is 0 Å². The molecule has 28 heavy (non-hydrogen) atoms. The molecule has 1 aliphatic rings. The van der Waals surface area contributed by atoms with Crippen molar-refractivity contribution in [3.63, 3.8) is 0 Å². The van der Waals surface area contributed by atoms with E-state index in [2.05, 4.69) is 45.9 Å². The summed E-state index contributed by atoms with van der Waals surface area (Å²) in [7, 11) is 0. The van der Waals surface area contributed by atoms with Crippen molar-refractivity contribution in [3.05, 3.63) is 65.2 Å². The van der Waals surface area contributed by atoms with E-state index in [4.69, 9.17) is 9.47 Å². The zero-order valence-electron chi connectivity index (χ0n) is 17.5. The Balaban J connectivity index is 1.77. The van der Waals surface area contributed by atoms with E-state index < -0.39 is 0 Å². The molecule has 2 aromatic carbocycles. The summed E-state index contributed by atoms with van der Waals surface area (Å²) in [6.07, 6.45) is 5.56. The smallest absolute Gasteiger partial charge is 0.330 e. The van der Waals surface area contributed by atoms with Crippen LogP contribution in [0.2, 0.25) is 0 Å². The molecule has 0 fully saturated rings. The third-order valence-electron chi connectivity index (χ3n) is 5.64. The SMILES string of the molecule is CCOC(=O)/C=C/c1ccc(Oc2ccc3c(c2)C(C)(C)CCC3(C)C)cc1. The normalized spacial score (nSPS) is 17.2. The number of carbonyl (C=O) groups excluding carboxylic acids is 1.